The molecule has 3 nitrogen and oxygen atoms in total. The van der Waals surface area contributed by atoms with Crippen LogP contribution in [0.15, 0.2) is 0 Å². The average Bonchev–Trinajstić information content (AvgIpc) is 2.48. The molecular weight excluding hydrogens is 180 g/mol. The lowest BCUT2D eigenvalue weighted by atomic mass is 9.97. The third kappa shape index (κ3) is 2.10. The predicted molar refractivity (Wildman–Crippen MR) is 52.9 cm³/mol. The normalized spacial score (nSPS) is 43.3. The van der Waals surface area contributed by atoms with Crippen LogP contribution in [0.1, 0.15) is 45.4 Å². The van der Waals surface area contributed by atoms with E-state index in [1.807, 2.05) is 0 Å². The molecule has 0 bridgehead atoms. The van der Waals surface area contributed by atoms with Crippen LogP contribution < -0.4 is 0 Å². The summed E-state index contributed by atoms with van der Waals surface area (Å²) in [4.78, 5) is 0. The molecule has 2 saturated heterocycles. The van der Waals surface area contributed by atoms with E-state index in [-0.39, 0.29) is 18.5 Å². The standard InChI is InChI=1S/C11H20O3/c1-9-4-7-11(13-9)6-2-3-10(14-11)5-8-12/h9-10,12H,2-8H2,1H3/t9-,10-,11+/m0/s1. The number of hydrogen-bond acceptors (Lipinski definition) is 3. The first-order chi connectivity index (χ1) is 6.74. The number of ether oxygens (including phenoxy) is 2. The summed E-state index contributed by atoms with van der Waals surface area (Å²) in [5, 5.41) is 8.88. The van der Waals surface area contributed by atoms with Gasteiger partial charge in [-0.15, -0.1) is 0 Å². The van der Waals surface area contributed by atoms with Gasteiger partial charge in [0, 0.05) is 19.4 Å². The summed E-state index contributed by atoms with van der Waals surface area (Å²) >= 11 is 0. The van der Waals surface area contributed by atoms with E-state index in [9.17, 15) is 0 Å². The van der Waals surface area contributed by atoms with Crippen LogP contribution in [0.3, 0.4) is 0 Å². The molecule has 0 aliphatic carbocycles. The van der Waals surface area contributed by atoms with Crippen molar-refractivity contribution in [2.45, 2.75) is 63.4 Å². The lowest BCUT2D eigenvalue weighted by Gasteiger charge is -2.38. The van der Waals surface area contributed by atoms with E-state index in [0.717, 1.165) is 38.5 Å². The van der Waals surface area contributed by atoms with Crippen LogP contribution in [0.25, 0.3) is 0 Å². The molecule has 1 spiro atoms. The van der Waals surface area contributed by atoms with Crippen molar-refractivity contribution < 1.29 is 14.6 Å². The lowest BCUT2D eigenvalue weighted by Crippen LogP contribution is -2.40. The second-order valence-corrected chi connectivity index (χ2v) is 4.52. The molecule has 3 heteroatoms. The molecule has 0 aromatic heterocycles. The van der Waals surface area contributed by atoms with Crippen LogP contribution in [0.4, 0.5) is 0 Å². The Labute approximate surface area is 85.4 Å². The molecule has 2 heterocycles. The van der Waals surface area contributed by atoms with E-state index in [1.54, 1.807) is 0 Å². The van der Waals surface area contributed by atoms with Gasteiger partial charge in [-0.1, -0.05) is 0 Å². The highest BCUT2D eigenvalue weighted by Gasteiger charge is 2.43. The molecule has 0 radical (unpaired) electrons. The topological polar surface area (TPSA) is 38.7 Å². The van der Waals surface area contributed by atoms with Crippen molar-refractivity contribution in [2.75, 3.05) is 6.61 Å². The Bertz CT molecular complexity index is 189. The Morgan fingerprint density at radius 1 is 1.29 bits per heavy atom. The van der Waals surface area contributed by atoms with Crippen LogP contribution in [0.2, 0.25) is 0 Å². The van der Waals surface area contributed by atoms with Gasteiger partial charge in [0.25, 0.3) is 0 Å². The monoisotopic (exact) mass is 200 g/mol. The van der Waals surface area contributed by atoms with Crippen molar-refractivity contribution >= 4 is 0 Å². The Morgan fingerprint density at radius 2 is 2.14 bits per heavy atom. The zero-order valence-electron chi connectivity index (χ0n) is 8.87. The molecule has 0 unspecified atom stereocenters. The number of aliphatic hydroxyl groups is 1. The van der Waals surface area contributed by atoms with Crippen LogP contribution in [0.5, 0.6) is 0 Å². The van der Waals surface area contributed by atoms with Crippen molar-refractivity contribution in [3.8, 4) is 0 Å². The number of aliphatic hydroxyl groups excluding tert-OH is 1. The van der Waals surface area contributed by atoms with Crippen molar-refractivity contribution in [3.05, 3.63) is 0 Å². The maximum atomic E-state index is 8.88. The molecule has 2 aliphatic heterocycles. The van der Waals surface area contributed by atoms with Gasteiger partial charge in [0.15, 0.2) is 5.79 Å². The highest BCUT2D eigenvalue weighted by Crippen LogP contribution is 2.40. The zero-order valence-corrected chi connectivity index (χ0v) is 8.87. The van der Waals surface area contributed by atoms with E-state index in [2.05, 4.69) is 6.92 Å². The van der Waals surface area contributed by atoms with Gasteiger partial charge in [-0.05, 0) is 32.6 Å². The van der Waals surface area contributed by atoms with Gasteiger partial charge in [-0.25, -0.2) is 0 Å². The summed E-state index contributed by atoms with van der Waals surface area (Å²) < 4.78 is 11.8. The fourth-order valence-corrected chi connectivity index (χ4v) is 2.55. The highest BCUT2D eigenvalue weighted by molar-refractivity contribution is 4.84. The lowest BCUT2D eigenvalue weighted by molar-refractivity contribution is -0.269. The van der Waals surface area contributed by atoms with E-state index in [1.165, 1.54) is 0 Å². The summed E-state index contributed by atoms with van der Waals surface area (Å²) in [5.74, 6) is -0.294. The van der Waals surface area contributed by atoms with E-state index >= 15 is 0 Å². The first-order valence-corrected chi connectivity index (χ1v) is 5.71. The summed E-state index contributed by atoms with van der Waals surface area (Å²) in [6, 6.07) is 0. The minimum Gasteiger partial charge on any atom is -0.396 e. The number of hydrogen-bond donors (Lipinski definition) is 1. The Balaban J connectivity index is 1.93. The van der Waals surface area contributed by atoms with Crippen molar-refractivity contribution in [1.29, 1.82) is 0 Å². The first-order valence-electron chi connectivity index (χ1n) is 5.71. The fraction of sp³-hybridized carbons (Fsp3) is 1.00. The summed E-state index contributed by atoms with van der Waals surface area (Å²) in [6.45, 7) is 2.32. The zero-order chi connectivity index (χ0) is 10.0. The third-order valence-electron chi connectivity index (χ3n) is 3.26. The maximum Gasteiger partial charge on any atom is 0.169 e. The number of rotatable bonds is 2. The highest BCUT2D eigenvalue weighted by atomic mass is 16.7. The molecule has 82 valence electrons. The molecule has 0 aromatic carbocycles. The van der Waals surface area contributed by atoms with E-state index in [0.29, 0.717) is 6.10 Å². The van der Waals surface area contributed by atoms with Gasteiger partial charge in [-0.2, -0.15) is 0 Å². The van der Waals surface area contributed by atoms with Gasteiger partial charge in [0.2, 0.25) is 0 Å². The van der Waals surface area contributed by atoms with E-state index < -0.39 is 0 Å². The molecule has 0 amide bonds. The molecule has 14 heavy (non-hydrogen) atoms. The molecule has 3 atom stereocenters. The van der Waals surface area contributed by atoms with Crippen LogP contribution in [-0.4, -0.2) is 29.7 Å². The second kappa shape index (κ2) is 4.17. The first kappa shape index (κ1) is 10.4. The average molecular weight is 200 g/mol. The molecule has 1 N–H and O–H groups in total. The smallest absolute Gasteiger partial charge is 0.169 e. The van der Waals surface area contributed by atoms with E-state index in [4.69, 9.17) is 14.6 Å². The minimum absolute atomic E-state index is 0.207. The van der Waals surface area contributed by atoms with Crippen molar-refractivity contribution in [3.63, 3.8) is 0 Å². The second-order valence-electron chi connectivity index (χ2n) is 4.52. The quantitative estimate of drug-likeness (QED) is 0.739. The fourth-order valence-electron chi connectivity index (χ4n) is 2.55. The summed E-state index contributed by atoms with van der Waals surface area (Å²) in [6.07, 6.45) is 6.68. The largest absolute Gasteiger partial charge is 0.396 e. The molecule has 2 rings (SSSR count). The van der Waals surface area contributed by atoms with Crippen LogP contribution in [0, 0.1) is 0 Å². The molecule has 0 aromatic rings. The van der Waals surface area contributed by atoms with Gasteiger partial charge in [0.05, 0.1) is 12.2 Å². The minimum atomic E-state index is -0.294. The Morgan fingerprint density at radius 3 is 2.79 bits per heavy atom. The van der Waals surface area contributed by atoms with Gasteiger partial charge in [-0.3, -0.25) is 0 Å². The molecule has 0 saturated carbocycles. The van der Waals surface area contributed by atoms with Crippen molar-refractivity contribution in [2.24, 2.45) is 0 Å². The van der Waals surface area contributed by atoms with Crippen LogP contribution >= 0.6 is 0 Å². The third-order valence-corrected chi connectivity index (χ3v) is 3.26. The molecular formula is C11H20O3. The maximum absolute atomic E-state index is 8.88. The van der Waals surface area contributed by atoms with Gasteiger partial charge in [0.1, 0.15) is 0 Å². The van der Waals surface area contributed by atoms with Crippen molar-refractivity contribution in [1.82, 2.24) is 0 Å². The Hall–Kier alpha value is -0.120. The summed E-state index contributed by atoms with van der Waals surface area (Å²) in [5.41, 5.74) is 0. The molecule has 2 fully saturated rings. The summed E-state index contributed by atoms with van der Waals surface area (Å²) in [7, 11) is 0. The van der Waals surface area contributed by atoms with Gasteiger partial charge < -0.3 is 14.6 Å². The predicted octanol–water partition coefficient (Wildman–Crippen LogP) is 1.83. The van der Waals surface area contributed by atoms with Gasteiger partial charge >= 0.3 is 0 Å². The SMILES string of the molecule is C[C@H]1CC[C@]2(CCC[C@@H](CCO)O2)O1. The molecule has 2 aliphatic rings. The Kier molecular flexibility index (Phi) is 3.10. The van der Waals surface area contributed by atoms with Crippen LogP contribution in [-0.2, 0) is 9.47 Å².